The zero-order valence-corrected chi connectivity index (χ0v) is 14.7. The van der Waals surface area contributed by atoms with Crippen molar-refractivity contribution in [2.45, 2.75) is 50.2 Å². The van der Waals surface area contributed by atoms with E-state index in [4.69, 9.17) is 4.74 Å². The molecule has 0 unspecified atom stereocenters. The highest BCUT2D eigenvalue weighted by Gasteiger charge is 2.33. The number of nitrogens with zero attached hydrogens (tertiary/aromatic N) is 3. The van der Waals surface area contributed by atoms with Gasteiger partial charge in [-0.3, -0.25) is 4.98 Å². The second-order valence-electron chi connectivity index (χ2n) is 6.91. The van der Waals surface area contributed by atoms with Gasteiger partial charge in [-0.2, -0.15) is 0 Å². The molecular formula is C19H20N4OS. The number of nitrogens with one attached hydrogen (secondary N) is 1. The van der Waals surface area contributed by atoms with Gasteiger partial charge in [0, 0.05) is 37.2 Å². The minimum absolute atomic E-state index is 0.224. The lowest BCUT2D eigenvalue weighted by Crippen LogP contribution is -2.42. The molecule has 0 amide bonds. The molecule has 0 aliphatic heterocycles. The van der Waals surface area contributed by atoms with Crippen molar-refractivity contribution in [2.24, 2.45) is 0 Å². The Morgan fingerprint density at radius 2 is 1.92 bits per heavy atom. The number of hydrogen-bond donors (Lipinski definition) is 1. The van der Waals surface area contributed by atoms with E-state index in [-0.39, 0.29) is 6.10 Å². The largest absolute Gasteiger partial charge is 0.473 e. The average molecular weight is 352 g/mol. The van der Waals surface area contributed by atoms with Crippen molar-refractivity contribution in [1.29, 1.82) is 0 Å². The molecule has 2 aromatic heterocycles. The molecule has 1 aromatic carbocycles. The van der Waals surface area contributed by atoms with Crippen LogP contribution in [-0.4, -0.2) is 27.1 Å². The number of fused-ring (bicyclic) bond motifs is 1. The van der Waals surface area contributed by atoms with Crippen molar-refractivity contribution in [3.8, 4) is 5.88 Å². The van der Waals surface area contributed by atoms with Crippen LogP contribution >= 0.6 is 11.3 Å². The number of hydrogen-bond acceptors (Lipinski definition) is 6. The topological polar surface area (TPSA) is 59.9 Å². The fourth-order valence-corrected chi connectivity index (χ4v) is 4.38. The number of benzene rings is 1. The van der Waals surface area contributed by atoms with Crippen LogP contribution in [-0.2, 0) is 0 Å². The van der Waals surface area contributed by atoms with Gasteiger partial charge in [0.05, 0.1) is 10.2 Å². The van der Waals surface area contributed by atoms with Crippen LogP contribution in [0.5, 0.6) is 5.88 Å². The summed E-state index contributed by atoms with van der Waals surface area (Å²) in [5.74, 6) is 1.29. The molecule has 0 spiro atoms. The van der Waals surface area contributed by atoms with Gasteiger partial charge >= 0.3 is 0 Å². The maximum atomic E-state index is 6.13. The van der Waals surface area contributed by atoms with Gasteiger partial charge in [0.15, 0.2) is 5.13 Å². The van der Waals surface area contributed by atoms with E-state index in [1.165, 1.54) is 24.0 Å². The summed E-state index contributed by atoms with van der Waals surface area (Å²) in [6.45, 7) is 0. The molecule has 2 fully saturated rings. The first kappa shape index (κ1) is 15.1. The predicted molar refractivity (Wildman–Crippen MR) is 99.3 cm³/mol. The molecule has 2 aliphatic rings. The minimum atomic E-state index is 0.224. The first-order chi connectivity index (χ1) is 12.3. The molecule has 5 nitrogen and oxygen atoms in total. The molecule has 6 heteroatoms. The number of ether oxygens (including phenoxy) is 1. The first-order valence-corrected chi connectivity index (χ1v) is 9.76. The summed E-state index contributed by atoms with van der Waals surface area (Å²) in [6, 6.07) is 8.67. The Labute approximate surface area is 150 Å². The fraction of sp³-hybridized carbons (Fsp3) is 0.421. The highest BCUT2D eigenvalue weighted by Crippen LogP contribution is 2.40. The Balaban J connectivity index is 1.20. The fourth-order valence-electron chi connectivity index (χ4n) is 3.43. The van der Waals surface area contributed by atoms with Crippen LogP contribution in [0.25, 0.3) is 10.2 Å². The van der Waals surface area contributed by atoms with Crippen LogP contribution in [0.1, 0.15) is 43.7 Å². The number of aromatic nitrogens is 3. The van der Waals surface area contributed by atoms with Crippen molar-refractivity contribution in [3.63, 3.8) is 0 Å². The van der Waals surface area contributed by atoms with Crippen LogP contribution in [0.15, 0.2) is 36.7 Å². The van der Waals surface area contributed by atoms with Gasteiger partial charge in [-0.25, -0.2) is 9.97 Å². The molecule has 2 heterocycles. The maximum Gasteiger partial charge on any atom is 0.236 e. The number of thiazole rings is 1. The van der Waals surface area contributed by atoms with Gasteiger partial charge in [0.2, 0.25) is 5.88 Å². The van der Waals surface area contributed by atoms with Crippen LogP contribution < -0.4 is 10.1 Å². The van der Waals surface area contributed by atoms with Crippen molar-refractivity contribution in [1.82, 2.24) is 15.0 Å². The summed E-state index contributed by atoms with van der Waals surface area (Å²) in [5.41, 5.74) is 2.11. The van der Waals surface area contributed by atoms with Gasteiger partial charge in [-0.15, -0.1) is 0 Å². The van der Waals surface area contributed by atoms with Gasteiger partial charge in [-0.1, -0.05) is 29.9 Å². The zero-order valence-electron chi connectivity index (χ0n) is 13.9. The Hall–Kier alpha value is -2.21. The lowest BCUT2D eigenvalue weighted by atomic mass is 9.83. The predicted octanol–water partition coefficient (Wildman–Crippen LogP) is 4.38. The summed E-state index contributed by atoms with van der Waals surface area (Å²) in [7, 11) is 0. The second-order valence-corrected chi connectivity index (χ2v) is 7.94. The Morgan fingerprint density at radius 1 is 1.08 bits per heavy atom. The quantitative estimate of drug-likeness (QED) is 0.738. The molecule has 2 aliphatic carbocycles. The third-order valence-electron chi connectivity index (χ3n) is 5.18. The highest BCUT2D eigenvalue weighted by atomic mass is 32.1. The average Bonchev–Trinajstić information content (AvgIpc) is 2.95. The van der Waals surface area contributed by atoms with E-state index in [0.717, 1.165) is 35.1 Å². The molecule has 128 valence electrons. The Morgan fingerprint density at radius 3 is 2.72 bits per heavy atom. The molecule has 0 saturated heterocycles. The van der Waals surface area contributed by atoms with Crippen LogP contribution in [0, 0.1) is 0 Å². The molecule has 0 atom stereocenters. The smallest absolute Gasteiger partial charge is 0.236 e. The number of para-hydroxylation sites is 1. The van der Waals surface area contributed by atoms with E-state index in [2.05, 4.69) is 38.5 Å². The molecular weight excluding hydrogens is 332 g/mol. The van der Waals surface area contributed by atoms with Gasteiger partial charge < -0.3 is 10.1 Å². The van der Waals surface area contributed by atoms with Crippen molar-refractivity contribution in [2.75, 3.05) is 5.32 Å². The molecule has 5 rings (SSSR count). The lowest BCUT2D eigenvalue weighted by molar-refractivity contribution is 0.0993. The zero-order chi connectivity index (χ0) is 16.6. The van der Waals surface area contributed by atoms with E-state index in [0.29, 0.717) is 12.0 Å². The SMILES string of the molecule is c1ccc2sc(NC3CC(Oc4nccnc4C4CCC4)C3)nc2c1. The molecule has 0 bridgehead atoms. The van der Waals surface area contributed by atoms with E-state index < -0.39 is 0 Å². The van der Waals surface area contributed by atoms with Gasteiger partial charge in [0.1, 0.15) is 11.8 Å². The third-order valence-corrected chi connectivity index (χ3v) is 6.15. The van der Waals surface area contributed by atoms with Crippen molar-refractivity contribution >= 4 is 26.7 Å². The lowest BCUT2D eigenvalue weighted by Gasteiger charge is -2.36. The summed E-state index contributed by atoms with van der Waals surface area (Å²) in [5, 5.41) is 4.53. The molecule has 1 N–H and O–H groups in total. The Kier molecular flexibility index (Phi) is 3.77. The monoisotopic (exact) mass is 352 g/mol. The standard InChI is InChI=1S/C19H20N4OS/c1-2-7-16-15(6-1)23-19(25-16)22-13-10-14(11-13)24-18-17(12-4-3-5-12)20-8-9-21-18/h1-2,6-9,12-14H,3-5,10-11H2,(H,22,23). The summed E-state index contributed by atoms with van der Waals surface area (Å²) in [6.07, 6.45) is 9.41. The second kappa shape index (κ2) is 6.26. The van der Waals surface area contributed by atoms with Gasteiger partial charge in [0.25, 0.3) is 0 Å². The summed E-state index contributed by atoms with van der Waals surface area (Å²) in [4.78, 5) is 13.6. The van der Waals surface area contributed by atoms with E-state index in [1.54, 1.807) is 23.7 Å². The van der Waals surface area contributed by atoms with Crippen molar-refractivity contribution < 1.29 is 4.74 Å². The molecule has 3 aromatic rings. The normalized spacial score (nSPS) is 23.0. The highest BCUT2D eigenvalue weighted by molar-refractivity contribution is 7.22. The van der Waals surface area contributed by atoms with Crippen LogP contribution in [0.4, 0.5) is 5.13 Å². The van der Waals surface area contributed by atoms with E-state index in [1.807, 2.05) is 6.07 Å². The van der Waals surface area contributed by atoms with E-state index >= 15 is 0 Å². The summed E-state index contributed by atoms with van der Waals surface area (Å²) < 4.78 is 7.36. The van der Waals surface area contributed by atoms with Gasteiger partial charge in [-0.05, 0) is 25.0 Å². The van der Waals surface area contributed by atoms with Crippen LogP contribution in [0.2, 0.25) is 0 Å². The van der Waals surface area contributed by atoms with E-state index in [9.17, 15) is 0 Å². The molecule has 25 heavy (non-hydrogen) atoms. The molecule has 2 saturated carbocycles. The number of anilines is 1. The van der Waals surface area contributed by atoms with Crippen molar-refractivity contribution in [3.05, 3.63) is 42.4 Å². The maximum absolute atomic E-state index is 6.13. The number of rotatable bonds is 5. The first-order valence-electron chi connectivity index (χ1n) is 8.95. The molecule has 0 radical (unpaired) electrons. The van der Waals surface area contributed by atoms with Crippen LogP contribution in [0.3, 0.4) is 0 Å². The third kappa shape index (κ3) is 2.95. The Bertz CT molecular complexity index is 853. The minimum Gasteiger partial charge on any atom is -0.473 e. The summed E-state index contributed by atoms with van der Waals surface area (Å²) >= 11 is 1.71.